The number of hydrogen-bond acceptors (Lipinski definition) is 3. The van der Waals surface area contributed by atoms with Crippen LogP contribution in [0.5, 0.6) is 0 Å². The summed E-state index contributed by atoms with van der Waals surface area (Å²) in [6, 6.07) is 0.234. The van der Waals surface area contributed by atoms with Crippen molar-refractivity contribution in [3.63, 3.8) is 0 Å². The van der Waals surface area contributed by atoms with E-state index in [0.717, 1.165) is 45.4 Å². The van der Waals surface area contributed by atoms with Crippen LogP contribution < -0.4 is 10.6 Å². The van der Waals surface area contributed by atoms with Crippen molar-refractivity contribution in [2.24, 2.45) is 17.3 Å². The van der Waals surface area contributed by atoms with Crippen LogP contribution in [0.15, 0.2) is 0 Å². The summed E-state index contributed by atoms with van der Waals surface area (Å²) in [5.74, 6) is 1.45. The maximum absolute atomic E-state index is 13.0. The third-order valence-electron chi connectivity index (χ3n) is 6.26. The Morgan fingerprint density at radius 1 is 1.20 bits per heavy atom. The molecule has 2 saturated heterocycles. The Hall–Kier alpha value is -0.810. The summed E-state index contributed by atoms with van der Waals surface area (Å²) in [6.07, 6.45) is 7.07. The van der Waals surface area contributed by atoms with Crippen molar-refractivity contribution in [2.45, 2.75) is 64.8 Å². The summed E-state index contributed by atoms with van der Waals surface area (Å²) in [4.78, 5) is 27.1. The van der Waals surface area contributed by atoms with E-state index in [4.69, 9.17) is 0 Å². The fourth-order valence-corrected chi connectivity index (χ4v) is 4.77. The smallest absolute Gasteiger partial charge is 0.228 e. The van der Waals surface area contributed by atoms with Crippen molar-refractivity contribution in [1.82, 2.24) is 15.5 Å². The van der Waals surface area contributed by atoms with E-state index in [1.807, 2.05) is 4.90 Å². The summed E-state index contributed by atoms with van der Waals surface area (Å²) >= 11 is 0. The first kappa shape index (κ1) is 20.5. The molecule has 3 aliphatic rings. The zero-order chi connectivity index (χ0) is 17.2. The lowest BCUT2D eigenvalue weighted by atomic mass is 9.67. The number of rotatable bonds is 4. The monoisotopic (exact) mass is 371 g/mol. The number of hydrogen-bond donors (Lipinski definition) is 2. The number of amides is 2. The largest absolute Gasteiger partial charge is 0.353 e. The molecule has 2 N–H and O–H groups in total. The summed E-state index contributed by atoms with van der Waals surface area (Å²) < 4.78 is 0. The van der Waals surface area contributed by atoms with Gasteiger partial charge in [-0.3, -0.25) is 9.59 Å². The Bertz CT molecular complexity index is 477. The first-order valence-corrected chi connectivity index (χ1v) is 9.81. The van der Waals surface area contributed by atoms with Gasteiger partial charge in [0, 0.05) is 32.1 Å². The maximum atomic E-state index is 13.0. The van der Waals surface area contributed by atoms with Crippen molar-refractivity contribution >= 4 is 24.2 Å². The van der Waals surface area contributed by atoms with E-state index >= 15 is 0 Å². The van der Waals surface area contributed by atoms with Crippen LogP contribution in [0, 0.1) is 17.3 Å². The van der Waals surface area contributed by atoms with Gasteiger partial charge < -0.3 is 15.5 Å². The summed E-state index contributed by atoms with van der Waals surface area (Å²) in [7, 11) is 0. The molecule has 0 aromatic heterocycles. The summed E-state index contributed by atoms with van der Waals surface area (Å²) in [5, 5.41) is 6.78. The van der Waals surface area contributed by atoms with Crippen LogP contribution in [0.1, 0.15) is 58.8 Å². The van der Waals surface area contributed by atoms with E-state index in [0.29, 0.717) is 18.3 Å². The first-order chi connectivity index (χ1) is 11.5. The molecule has 6 heteroatoms. The molecule has 0 aromatic rings. The van der Waals surface area contributed by atoms with Crippen LogP contribution in [0.3, 0.4) is 0 Å². The Balaban J connectivity index is 0.00000225. The Labute approximate surface area is 158 Å². The average Bonchev–Trinajstić information content (AvgIpc) is 3.00. The second-order valence-corrected chi connectivity index (χ2v) is 8.46. The molecular formula is C19H34ClN3O2. The number of nitrogens with one attached hydrogen (secondary N) is 2. The van der Waals surface area contributed by atoms with Crippen LogP contribution in [-0.4, -0.2) is 48.9 Å². The molecule has 2 amide bonds. The molecule has 2 atom stereocenters. The fraction of sp³-hybridized carbons (Fsp3) is 0.895. The fourth-order valence-electron chi connectivity index (χ4n) is 4.77. The van der Waals surface area contributed by atoms with Gasteiger partial charge in [0.15, 0.2) is 0 Å². The first-order valence-electron chi connectivity index (χ1n) is 9.81. The van der Waals surface area contributed by atoms with Gasteiger partial charge in [-0.1, -0.05) is 26.7 Å². The maximum Gasteiger partial charge on any atom is 0.228 e. The number of piperidine rings is 1. The van der Waals surface area contributed by atoms with Crippen LogP contribution >= 0.6 is 12.4 Å². The van der Waals surface area contributed by atoms with Gasteiger partial charge in [0.05, 0.1) is 5.41 Å². The zero-order valence-electron chi connectivity index (χ0n) is 15.7. The molecule has 1 saturated carbocycles. The summed E-state index contributed by atoms with van der Waals surface area (Å²) in [6.45, 7) is 7.57. The molecule has 0 spiro atoms. The van der Waals surface area contributed by atoms with E-state index in [1.54, 1.807) is 0 Å². The molecule has 1 aliphatic carbocycles. The standard InChI is InChI=1S/C19H33N3O2.ClH/c1-14(2)11-17(23)22-9-6-16(7-10-22)21-18(24)19-8-4-3-5-15(19)12-20-13-19;/h14-16,20H,3-13H2,1-2H3,(H,21,24);1H/t15-,19+;/m0./s1. The van der Waals surface area contributed by atoms with E-state index in [9.17, 15) is 9.59 Å². The lowest BCUT2D eigenvalue weighted by molar-refractivity contribution is -0.135. The molecule has 5 nitrogen and oxygen atoms in total. The van der Waals surface area contributed by atoms with E-state index in [-0.39, 0.29) is 35.7 Å². The van der Waals surface area contributed by atoms with Crippen LogP contribution in [0.25, 0.3) is 0 Å². The SMILES string of the molecule is CC(C)CC(=O)N1CCC(NC(=O)[C@@]23CCCC[C@H]2CNC3)CC1.Cl. The minimum atomic E-state index is -0.164. The second kappa shape index (κ2) is 8.72. The molecule has 0 aromatic carbocycles. The molecule has 25 heavy (non-hydrogen) atoms. The molecule has 3 rings (SSSR count). The molecule has 2 heterocycles. The molecule has 3 fully saturated rings. The lowest BCUT2D eigenvalue weighted by Gasteiger charge is -2.39. The van der Waals surface area contributed by atoms with Gasteiger partial charge in [0.1, 0.15) is 0 Å². The predicted octanol–water partition coefficient (Wildman–Crippen LogP) is 2.34. The van der Waals surface area contributed by atoms with Gasteiger partial charge in [0.25, 0.3) is 0 Å². The molecule has 2 aliphatic heterocycles. The minimum absolute atomic E-state index is 0. The van der Waals surface area contributed by atoms with E-state index < -0.39 is 0 Å². The van der Waals surface area contributed by atoms with Crippen molar-refractivity contribution in [3.05, 3.63) is 0 Å². The highest BCUT2D eigenvalue weighted by atomic mass is 35.5. The highest BCUT2D eigenvalue weighted by molar-refractivity contribution is 5.85. The van der Waals surface area contributed by atoms with Crippen molar-refractivity contribution in [1.29, 1.82) is 0 Å². The van der Waals surface area contributed by atoms with E-state index in [2.05, 4.69) is 24.5 Å². The highest BCUT2D eigenvalue weighted by Crippen LogP contribution is 2.44. The topological polar surface area (TPSA) is 61.4 Å². The number of carbonyl (C=O) groups is 2. The third kappa shape index (κ3) is 4.48. The van der Waals surface area contributed by atoms with Gasteiger partial charge in [0.2, 0.25) is 11.8 Å². The molecule has 0 bridgehead atoms. The quantitative estimate of drug-likeness (QED) is 0.797. The molecule has 144 valence electrons. The molecular weight excluding hydrogens is 338 g/mol. The lowest BCUT2D eigenvalue weighted by Crippen LogP contribution is -2.53. The molecule has 0 radical (unpaired) electrons. The van der Waals surface area contributed by atoms with Gasteiger partial charge in [-0.15, -0.1) is 12.4 Å². The Kier molecular flexibility index (Phi) is 7.15. The van der Waals surface area contributed by atoms with Gasteiger partial charge in [-0.2, -0.15) is 0 Å². The Morgan fingerprint density at radius 3 is 2.60 bits per heavy atom. The number of fused-ring (bicyclic) bond motifs is 1. The number of halogens is 1. The van der Waals surface area contributed by atoms with Gasteiger partial charge >= 0.3 is 0 Å². The predicted molar refractivity (Wildman–Crippen MR) is 102 cm³/mol. The Morgan fingerprint density at radius 2 is 1.92 bits per heavy atom. The minimum Gasteiger partial charge on any atom is -0.353 e. The highest BCUT2D eigenvalue weighted by Gasteiger charge is 2.50. The van der Waals surface area contributed by atoms with E-state index in [1.165, 1.54) is 19.3 Å². The van der Waals surface area contributed by atoms with Crippen molar-refractivity contribution in [3.8, 4) is 0 Å². The van der Waals surface area contributed by atoms with Crippen LogP contribution in [-0.2, 0) is 9.59 Å². The number of nitrogens with zero attached hydrogens (tertiary/aromatic N) is 1. The third-order valence-corrected chi connectivity index (χ3v) is 6.26. The summed E-state index contributed by atoms with van der Waals surface area (Å²) in [5.41, 5.74) is -0.164. The van der Waals surface area contributed by atoms with Crippen molar-refractivity contribution < 1.29 is 9.59 Å². The number of carbonyl (C=O) groups excluding carboxylic acids is 2. The van der Waals surface area contributed by atoms with Crippen LogP contribution in [0.2, 0.25) is 0 Å². The normalized spacial score (nSPS) is 29.9. The van der Waals surface area contributed by atoms with Crippen LogP contribution in [0.4, 0.5) is 0 Å². The number of likely N-dealkylation sites (tertiary alicyclic amines) is 1. The molecule has 0 unspecified atom stereocenters. The average molecular weight is 372 g/mol. The van der Waals surface area contributed by atoms with Gasteiger partial charge in [-0.25, -0.2) is 0 Å². The van der Waals surface area contributed by atoms with Crippen molar-refractivity contribution in [2.75, 3.05) is 26.2 Å². The second-order valence-electron chi connectivity index (χ2n) is 8.46. The van der Waals surface area contributed by atoms with Gasteiger partial charge in [-0.05, 0) is 44.1 Å². The zero-order valence-corrected chi connectivity index (χ0v) is 16.5.